The number of aliphatic imine (C=N–C) groups is 1. The summed E-state index contributed by atoms with van der Waals surface area (Å²) in [4.78, 5) is 4.48. The number of benzene rings is 2. The molecular formula is C17H17Cl2N3. The maximum Gasteiger partial charge on any atom is 0.109 e. The van der Waals surface area contributed by atoms with E-state index in [4.69, 9.17) is 23.2 Å². The maximum atomic E-state index is 6.27. The summed E-state index contributed by atoms with van der Waals surface area (Å²) in [5.74, 6) is 0.239. The van der Waals surface area contributed by atoms with E-state index in [1.54, 1.807) is 0 Å². The maximum absolute atomic E-state index is 6.27. The van der Waals surface area contributed by atoms with E-state index in [0.717, 1.165) is 40.7 Å². The van der Waals surface area contributed by atoms with Crippen LogP contribution in [0.3, 0.4) is 0 Å². The second-order valence-electron chi connectivity index (χ2n) is 5.34. The Kier molecular flexibility index (Phi) is 4.55. The van der Waals surface area contributed by atoms with Gasteiger partial charge in [0, 0.05) is 22.8 Å². The molecule has 1 aliphatic heterocycles. The molecule has 0 amide bonds. The van der Waals surface area contributed by atoms with Crippen LogP contribution in [0.1, 0.15) is 18.4 Å². The predicted octanol–water partition coefficient (Wildman–Crippen LogP) is 5.34. The zero-order valence-electron chi connectivity index (χ0n) is 12.2. The van der Waals surface area contributed by atoms with Crippen LogP contribution in [0.25, 0.3) is 0 Å². The predicted molar refractivity (Wildman–Crippen MR) is 96.5 cm³/mol. The summed E-state index contributed by atoms with van der Waals surface area (Å²) < 4.78 is 0. The van der Waals surface area contributed by atoms with Crippen molar-refractivity contribution < 1.29 is 0 Å². The highest BCUT2D eigenvalue weighted by molar-refractivity contribution is 6.33. The van der Waals surface area contributed by atoms with Crippen LogP contribution in [0.2, 0.25) is 10.0 Å². The van der Waals surface area contributed by atoms with Crippen molar-refractivity contribution in [3.05, 3.63) is 52.0 Å². The molecule has 2 aromatic carbocycles. The van der Waals surface area contributed by atoms with Crippen molar-refractivity contribution in [2.75, 3.05) is 23.7 Å². The molecule has 3 rings (SSSR count). The summed E-state index contributed by atoms with van der Waals surface area (Å²) in [5, 5.41) is 8.22. The van der Waals surface area contributed by atoms with Gasteiger partial charge in [0.15, 0.2) is 0 Å². The Balaban J connectivity index is 1.76. The number of halogens is 2. The topological polar surface area (TPSA) is 36.4 Å². The third-order valence-corrected chi connectivity index (χ3v) is 4.31. The molecule has 0 aliphatic carbocycles. The van der Waals surface area contributed by atoms with Gasteiger partial charge in [-0.05, 0) is 41.8 Å². The van der Waals surface area contributed by atoms with Crippen molar-refractivity contribution >= 4 is 46.5 Å². The summed E-state index contributed by atoms with van der Waals surface area (Å²) in [6.07, 6.45) is 1.88. The first-order valence-electron chi connectivity index (χ1n) is 7.23. The molecular weight excluding hydrogens is 317 g/mol. The molecule has 0 spiro atoms. The molecule has 0 saturated carbocycles. The molecule has 1 aliphatic rings. The number of nitrogens with zero attached hydrogens (tertiary/aromatic N) is 1. The van der Waals surface area contributed by atoms with Gasteiger partial charge in [0.2, 0.25) is 0 Å². The Bertz CT molecular complexity index is 713. The first kappa shape index (κ1) is 15.2. The Morgan fingerprint density at radius 2 is 2.14 bits per heavy atom. The molecule has 0 fully saturated rings. The summed E-state index contributed by atoms with van der Waals surface area (Å²) in [6, 6.07) is 11.7. The number of fused-ring (bicyclic) bond motifs is 1. The van der Waals surface area contributed by atoms with Gasteiger partial charge in [-0.2, -0.15) is 0 Å². The lowest BCUT2D eigenvalue weighted by Crippen LogP contribution is -2.12. The Labute approximate surface area is 140 Å². The molecule has 2 aromatic rings. The minimum absolute atomic E-state index is 0.239. The number of rotatable bonds is 4. The lowest BCUT2D eigenvalue weighted by Gasteiger charge is -2.19. The number of hydrogen-bond donors (Lipinski definition) is 2. The van der Waals surface area contributed by atoms with Gasteiger partial charge in [-0.25, -0.2) is 0 Å². The Morgan fingerprint density at radius 3 is 3.00 bits per heavy atom. The van der Waals surface area contributed by atoms with Crippen molar-refractivity contribution in [2.45, 2.75) is 12.8 Å². The highest BCUT2D eigenvalue weighted by Gasteiger charge is 2.13. The van der Waals surface area contributed by atoms with E-state index in [2.05, 4.69) is 22.5 Å². The Morgan fingerprint density at radius 1 is 1.27 bits per heavy atom. The highest BCUT2D eigenvalue weighted by atomic mass is 35.5. The number of hydrogen-bond acceptors (Lipinski definition) is 3. The van der Waals surface area contributed by atoms with Crippen LogP contribution < -0.4 is 10.6 Å². The lowest BCUT2D eigenvalue weighted by molar-refractivity contribution is 0.805. The monoisotopic (exact) mass is 333 g/mol. The van der Waals surface area contributed by atoms with Gasteiger partial charge in [-0.15, -0.1) is 0 Å². The van der Waals surface area contributed by atoms with E-state index in [-0.39, 0.29) is 5.92 Å². The van der Waals surface area contributed by atoms with E-state index >= 15 is 0 Å². The fourth-order valence-corrected chi connectivity index (χ4v) is 3.01. The zero-order chi connectivity index (χ0) is 15.5. The van der Waals surface area contributed by atoms with E-state index < -0.39 is 0 Å². The van der Waals surface area contributed by atoms with Gasteiger partial charge in [0.05, 0.1) is 17.9 Å². The quantitative estimate of drug-likeness (QED) is 0.792. The molecule has 114 valence electrons. The Hall–Kier alpha value is -1.71. The van der Waals surface area contributed by atoms with Gasteiger partial charge in [0.1, 0.15) is 5.69 Å². The summed E-state index contributed by atoms with van der Waals surface area (Å²) in [6.45, 7) is 3.65. The molecule has 0 bridgehead atoms. The van der Waals surface area contributed by atoms with Gasteiger partial charge in [-0.1, -0.05) is 36.2 Å². The molecule has 1 heterocycles. The van der Waals surface area contributed by atoms with Gasteiger partial charge >= 0.3 is 0 Å². The lowest BCUT2D eigenvalue weighted by atomic mass is 10.0. The van der Waals surface area contributed by atoms with E-state index in [9.17, 15) is 0 Å². The van der Waals surface area contributed by atoms with Crippen LogP contribution in [-0.2, 0) is 0 Å². The average molecular weight is 334 g/mol. The summed E-state index contributed by atoms with van der Waals surface area (Å²) in [7, 11) is 0. The van der Waals surface area contributed by atoms with Crippen molar-refractivity contribution in [1.82, 2.24) is 0 Å². The molecule has 1 atom stereocenters. The standard InChI is InChI=1S/C17H17Cl2N3/c1-11(13-9-12(18)5-6-14(13)19)10-22-16-4-2-3-15-17(16)21-8-7-20-15/h2-6,8-9,11,20,22H,7,10H2,1H3. The largest absolute Gasteiger partial charge is 0.383 e. The summed E-state index contributed by atoms with van der Waals surface area (Å²) in [5.41, 5.74) is 4.08. The minimum atomic E-state index is 0.239. The normalized spacial score (nSPS) is 14.1. The highest BCUT2D eigenvalue weighted by Crippen LogP contribution is 2.35. The second-order valence-corrected chi connectivity index (χ2v) is 6.19. The van der Waals surface area contributed by atoms with Crippen LogP contribution in [0.5, 0.6) is 0 Å². The molecule has 1 unspecified atom stereocenters. The van der Waals surface area contributed by atoms with Crippen LogP contribution >= 0.6 is 23.2 Å². The van der Waals surface area contributed by atoms with Crippen molar-refractivity contribution in [1.29, 1.82) is 0 Å². The minimum Gasteiger partial charge on any atom is -0.383 e. The average Bonchev–Trinajstić information content (AvgIpc) is 2.54. The van der Waals surface area contributed by atoms with Gasteiger partial charge in [0.25, 0.3) is 0 Å². The molecule has 0 aromatic heterocycles. The SMILES string of the molecule is CC(CNc1cccc2c1N=CCN2)c1cc(Cl)ccc1Cl. The molecule has 2 N–H and O–H groups in total. The fraction of sp³-hybridized carbons (Fsp3) is 0.235. The van der Waals surface area contributed by atoms with Crippen LogP contribution in [0, 0.1) is 0 Å². The van der Waals surface area contributed by atoms with Gasteiger partial charge < -0.3 is 10.6 Å². The van der Waals surface area contributed by atoms with E-state index in [0.29, 0.717) is 5.02 Å². The number of nitrogens with one attached hydrogen (secondary N) is 2. The molecule has 0 saturated heterocycles. The van der Waals surface area contributed by atoms with Crippen LogP contribution in [0.4, 0.5) is 17.1 Å². The number of anilines is 2. The van der Waals surface area contributed by atoms with Crippen molar-refractivity contribution in [3.63, 3.8) is 0 Å². The third kappa shape index (κ3) is 3.21. The second kappa shape index (κ2) is 6.59. The molecule has 22 heavy (non-hydrogen) atoms. The van der Waals surface area contributed by atoms with Crippen molar-refractivity contribution in [3.8, 4) is 0 Å². The molecule has 0 radical (unpaired) electrons. The smallest absolute Gasteiger partial charge is 0.109 e. The number of para-hydroxylation sites is 1. The molecule has 5 heteroatoms. The molecule has 3 nitrogen and oxygen atoms in total. The van der Waals surface area contributed by atoms with Crippen molar-refractivity contribution in [2.24, 2.45) is 4.99 Å². The first-order valence-corrected chi connectivity index (χ1v) is 7.99. The summed E-state index contributed by atoms with van der Waals surface area (Å²) >= 11 is 12.3. The third-order valence-electron chi connectivity index (χ3n) is 3.73. The van der Waals surface area contributed by atoms with Gasteiger partial charge in [-0.3, -0.25) is 4.99 Å². The van der Waals surface area contributed by atoms with Crippen LogP contribution in [-0.4, -0.2) is 19.3 Å². The fourth-order valence-electron chi connectivity index (χ4n) is 2.53. The first-order chi connectivity index (χ1) is 10.6. The zero-order valence-corrected chi connectivity index (χ0v) is 13.7. The van der Waals surface area contributed by atoms with E-state index in [1.807, 2.05) is 42.6 Å². The van der Waals surface area contributed by atoms with Crippen LogP contribution in [0.15, 0.2) is 41.4 Å². The van der Waals surface area contributed by atoms with E-state index in [1.165, 1.54) is 0 Å².